The molecule has 3 rings (SSSR count). The van der Waals surface area contributed by atoms with Gasteiger partial charge in [-0.2, -0.15) is 0 Å². The lowest BCUT2D eigenvalue weighted by Crippen LogP contribution is -2.54. The van der Waals surface area contributed by atoms with Crippen molar-refractivity contribution in [1.29, 1.82) is 0 Å². The van der Waals surface area contributed by atoms with Crippen LogP contribution in [0.1, 0.15) is 50.3 Å². The third kappa shape index (κ3) is 9.62. The number of amides is 2. The molecule has 0 fully saturated rings. The predicted molar refractivity (Wildman–Crippen MR) is 168 cm³/mol. The number of sulfonamides is 1. The van der Waals surface area contributed by atoms with E-state index in [-0.39, 0.29) is 37.7 Å². The van der Waals surface area contributed by atoms with Gasteiger partial charge in [-0.3, -0.25) is 13.9 Å². The summed E-state index contributed by atoms with van der Waals surface area (Å²) in [6.45, 7) is 8.08. The van der Waals surface area contributed by atoms with Crippen LogP contribution in [0.5, 0.6) is 5.75 Å². The quantitative estimate of drug-likeness (QED) is 0.297. The van der Waals surface area contributed by atoms with Crippen molar-refractivity contribution >= 4 is 27.5 Å². The van der Waals surface area contributed by atoms with Crippen molar-refractivity contribution in [1.82, 2.24) is 10.2 Å². The zero-order valence-electron chi connectivity index (χ0n) is 25.5. The maximum absolute atomic E-state index is 14.0. The van der Waals surface area contributed by atoms with E-state index in [1.165, 1.54) is 11.4 Å². The van der Waals surface area contributed by atoms with Crippen molar-refractivity contribution in [3.63, 3.8) is 0 Å². The van der Waals surface area contributed by atoms with Crippen LogP contribution in [0.2, 0.25) is 0 Å². The molecule has 0 saturated heterocycles. The molecule has 0 aliphatic heterocycles. The van der Waals surface area contributed by atoms with E-state index >= 15 is 0 Å². The molecule has 2 amide bonds. The molecule has 0 aliphatic rings. The van der Waals surface area contributed by atoms with Gasteiger partial charge in [-0.1, -0.05) is 60.7 Å². The highest BCUT2D eigenvalue weighted by molar-refractivity contribution is 7.92. The molecule has 9 heteroatoms. The molecule has 0 aromatic heterocycles. The molecule has 3 aromatic carbocycles. The van der Waals surface area contributed by atoms with Crippen molar-refractivity contribution in [3.05, 3.63) is 95.6 Å². The number of anilines is 1. The topological polar surface area (TPSA) is 96.0 Å². The summed E-state index contributed by atoms with van der Waals surface area (Å²) >= 11 is 0. The van der Waals surface area contributed by atoms with E-state index in [9.17, 15) is 18.0 Å². The molecule has 0 unspecified atom stereocenters. The number of hydrogen-bond acceptors (Lipinski definition) is 5. The number of carbonyl (C=O) groups is 2. The average Bonchev–Trinajstić information content (AvgIpc) is 2.92. The van der Waals surface area contributed by atoms with Gasteiger partial charge in [0.2, 0.25) is 21.8 Å². The van der Waals surface area contributed by atoms with Crippen LogP contribution >= 0.6 is 0 Å². The van der Waals surface area contributed by atoms with Gasteiger partial charge in [0.05, 0.1) is 19.1 Å². The molecule has 0 bridgehead atoms. The summed E-state index contributed by atoms with van der Waals surface area (Å²) in [6.07, 6.45) is 1.83. The average molecular weight is 594 g/mol. The minimum absolute atomic E-state index is 0.0654. The predicted octanol–water partition coefficient (Wildman–Crippen LogP) is 5.10. The second-order valence-electron chi connectivity index (χ2n) is 11.5. The second-order valence-corrected chi connectivity index (χ2v) is 13.4. The van der Waals surface area contributed by atoms with Gasteiger partial charge in [0.1, 0.15) is 11.8 Å². The van der Waals surface area contributed by atoms with Crippen molar-refractivity contribution in [2.45, 2.75) is 65.1 Å². The fourth-order valence-corrected chi connectivity index (χ4v) is 5.70. The first-order valence-electron chi connectivity index (χ1n) is 14.1. The third-order valence-corrected chi connectivity index (χ3v) is 8.06. The number of rotatable bonds is 13. The van der Waals surface area contributed by atoms with E-state index in [4.69, 9.17) is 4.74 Å². The molecule has 1 N–H and O–H groups in total. The molecule has 226 valence electrons. The van der Waals surface area contributed by atoms with Crippen molar-refractivity contribution < 1.29 is 22.7 Å². The summed E-state index contributed by atoms with van der Waals surface area (Å²) in [5.41, 5.74) is 2.88. The first kappa shape index (κ1) is 32.7. The zero-order valence-corrected chi connectivity index (χ0v) is 26.3. The number of hydrogen-bond donors (Lipinski definition) is 1. The van der Waals surface area contributed by atoms with Crippen LogP contribution in [0.15, 0.2) is 78.9 Å². The van der Waals surface area contributed by atoms with Crippen LogP contribution in [0.4, 0.5) is 5.69 Å². The zero-order chi connectivity index (χ0) is 30.9. The number of ether oxygens (including phenoxy) is 1. The fraction of sp³-hybridized carbons (Fsp3) is 0.394. The van der Waals surface area contributed by atoms with Gasteiger partial charge in [-0.25, -0.2) is 8.42 Å². The molecule has 0 radical (unpaired) electrons. The number of benzene rings is 3. The van der Waals surface area contributed by atoms with Crippen LogP contribution in [0.25, 0.3) is 0 Å². The lowest BCUT2D eigenvalue weighted by molar-refractivity contribution is -0.142. The third-order valence-electron chi connectivity index (χ3n) is 6.86. The molecule has 42 heavy (non-hydrogen) atoms. The van der Waals surface area contributed by atoms with E-state index in [1.54, 1.807) is 29.2 Å². The van der Waals surface area contributed by atoms with Gasteiger partial charge in [-0.05, 0) is 62.9 Å². The minimum Gasteiger partial charge on any atom is -0.497 e. The first-order valence-corrected chi connectivity index (χ1v) is 15.9. The minimum atomic E-state index is -3.62. The number of nitrogens with zero attached hydrogens (tertiary/aromatic N) is 2. The monoisotopic (exact) mass is 593 g/mol. The Bertz CT molecular complexity index is 1450. The van der Waals surface area contributed by atoms with E-state index in [2.05, 4.69) is 5.32 Å². The summed E-state index contributed by atoms with van der Waals surface area (Å²) in [4.78, 5) is 29.4. The number of methoxy groups -OCH3 is 1. The summed E-state index contributed by atoms with van der Waals surface area (Å²) in [6, 6.07) is 23.5. The van der Waals surface area contributed by atoms with Gasteiger partial charge >= 0.3 is 0 Å². The number of nitrogens with one attached hydrogen (secondary N) is 1. The Morgan fingerprint density at radius 1 is 0.952 bits per heavy atom. The second kappa shape index (κ2) is 14.4. The van der Waals surface area contributed by atoms with Gasteiger partial charge in [0.15, 0.2) is 0 Å². The normalized spacial score (nSPS) is 12.3. The van der Waals surface area contributed by atoms with Gasteiger partial charge < -0.3 is 15.0 Å². The van der Waals surface area contributed by atoms with E-state index < -0.39 is 21.6 Å². The Morgan fingerprint density at radius 2 is 1.62 bits per heavy atom. The Kier molecular flexibility index (Phi) is 11.2. The smallest absolute Gasteiger partial charge is 0.243 e. The molecular weight excluding hydrogens is 550 g/mol. The summed E-state index contributed by atoms with van der Waals surface area (Å²) < 4.78 is 31.9. The molecule has 3 aromatic rings. The van der Waals surface area contributed by atoms with E-state index in [1.807, 2.05) is 82.3 Å². The van der Waals surface area contributed by atoms with Crippen molar-refractivity contribution in [3.8, 4) is 5.75 Å². The van der Waals surface area contributed by atoms with Crippen molar-refractivity contribution in [2.75, 3.05) is 24.2 Å². The molecule has 0 aliphatic carbocycles. The lowest BCUT2D eigenvalue weighted by Gasteiger charge is -2.34. The summed E-state index contributed by atoms with van der Waals surface area (Å²) in [5, 5.41) is 3.07. The molecule has 0 spiro atoms. The standard InChI is InChI=1S/C33H43N3O5S/c1-25-14-10-11-17-27(25)24-35(30(32(38)34-33(2,3)4)22-26-15-8-7-9-16-26)31(37)20-13-21-36(42(6,39)40)28-18-12-19-29(23-28)41-5/h7-12,14-19,23,30H,13,20-22,24H2,1-6H3,(H,34,38)/t30-/m1/s1. The van der Waals surface area contributed by atoms with Crippen LogP contribution in [-0.2, 0) is 32.6 Å². The number of aryl methyl sites for hydroxylation is 1. The SMILES string of the molecule is COc1cccc(N(CCCC(=O)N(Cc2ccccc2C)[C@H](Cc2ccccc2)C(=O)NC(C)(C)C)S(C)(=O)=O)c1. The highest BCUT2D eigenvalue weighted by Crippen LogP contribution is 2.24. The van der Waals surface area contributed by atoms with Crippen LogP contribution in [-0.4, -0.2) is 56.6 Å². The molecule has 0 heterocycles. The number of carbonyl (C=O) groups excluding carboxylic acids is 2. The molecule has 1 atom stereocenters. The van der Waals surface area contributed by atoms with Crippen LogP contribution in [0, 0.1) is 6.92 Å². The Labute approximate surface area is 250 Å². The maximum atomic E-state index is 14.0. The Hall–Kier alpha value is -3.85. The van der Waals surface area contributed by atoms with Crippen molar-refractivity contribution in [2.24, 2.45) is 0 Å². The van der Waals surface area contributed by atoms with Gasteiger partial charge in [0, 0.05) is 37.5 Å². The lowest BCUT2D eigenvalue weighted by atomic mass is 9.99. The molecule has 0 saturated carbocycles. The van der Waals surface area contributed by atoms with E-state index in [0.29, 0.717) is 17.9 Å². The van der Waals surface area contributed by atoms with Crippen LogP contribution in [0.3, 0.4) is 0 Å². The highest BCUT2D eigenvalue weighted by Gasteiger charge is 2.32. The summed E-state index contributed by atoms with van der Waals surface area (Å²) in [7, 11) is -2.10. The first-order chi connectivity index (χ1) is 19.8. The fourth-order valence-electron chi connectivity index (χ4n) is 4.75. The molecular formula is C33H43N3O5S. The molecule has 8 nitrogen and oxygen atoms in total. The highest BCUT2D eigenvalue weighted by atomic mass is 32.2. The van der Waals surface area contributed by atoms with Gasteiger partial charge in [0.25, 0.3) is 0 Å². The van der Waals surface area contributed by atoms with E-state index in [0.717, 1.165) is 22.9 Å². The Balaban J connectivity index is 1.91. The summed E-state index contributed by atoms with van der Waals surface area (Å²) in [5.74, 6) is 0.0833. The maximum Gasteiger partial charge on any atom is 0.243 e. The van der Waals surface area contributed by atoms with Gasteiger partial charge in [-0.15, -0.1) is 0 Å². The van der Waals surface area contributed by atoms with Crippen LogP contribution < -0.4 is 14.4 Å². The Morgan fingerprint density at radius 3 is 2.24 bits per heavy atom. The largest absolute Gasteiger partial charge is 0.497 e.